The van der Waals surface area contributed by atoms with E-state index in [9.17, 15) is 4.39 Å². The smallest absolute Gasteiger partial charge is 0.123 e. The van der Waals surface area contributed by atoms with Crippen molar-refractivity contribution in [3.8, 4) is 0 Å². The molecule has 1 nitrogen and oxygen atoms in total. The van der Waals surface area contributed by atoms with Gasteiger partial charge in [-0.3, -0.25) is 0 Å². The second-order valence-electron chi connectivity index (χ2n) is 5.99. The zero-order valence-corrected chi connectivity index (χ0v) is 13.8. The third kappa shape index (κ3) is 3.01. The predicted molar refractivity (Wildman–Crippen MR) is 87.4 cm³/mol. The van der Waals surface area contributed by atoms with E-state index in [4.69, 9.17) is 0 Å². The summed E-state index contributed by atoms with van der Waals surface area (Å²) in [5, 5.41) is 3.41. The molecule has 2 heteroatoms. The maximum atomic E-state index is 13.6. The highest BCUT2D eigenvalue weighted by atomic mass is 19.1. The molecule has 0 bridgehead atoms. The number of aryl methyl sites for hydroxylation is 5. The highest BCUT2D eigenvalue weighted by Crippen LogP contribution is 2.32. The van der Waals surface area contributed by atoms with Crippen molar-refractivity contribution in [2.75, 3.05) is 7.05 Å². The third-order valence-electron chi connectivity index (χ3n) is 4.16. The SMILES string of the molecule is CNC(c1c(C)cc(C)cc1C)c1c(C)cc(F)cc1C. The van der Waals surface area contributed by atoms with E-state index in [1.54, 1.807) is 12.1 Å². The van der Waals surface area contributed by atoms with Gasteiger partial charge >= 0.3 is 0 Å². The molecule has 0 amide bonds. The maximum absolute atomic E-state index is 13.6. The Hall–Kier alpha value is -1.67. The highest BCUT2D eigenvalue weighted by Gasteiger charge is 2.21. The topological polar surface area (TPSA) is 12.0 Å². The fourth-order valence-corrected chi connectivity index (χ4v) is 3.46. The molecule has 0 fully saturated rings. The molecule has 2 aromatic rings. The van der Waals surface area contributed by atoms with Crippen LogP contribution in [0.2, 0.25) is 0 Å². The van der Waals surface area contributed by atoms with Crippen molar-refractivity contribution in [2.24, 2.45) is 0 Å². The van der Waals surface area contributed by atoms with Gasteiger partial charge in [0, 0.05) is 0 Å². The van der Waals surface area contributed by atoms with Crippen LogP contribution in [0.1, 0.15) is 45.0 Å². The van der Waals surface area contributed by atoms with Crippen molar-refractivity contribution in [3.63, 3.8) is 0 Å². The lowest BCUT2D eigenvalue weighted by molar-refractivity contribution is 0.617. The van der Waals surface area contributed by atoms with Crippen LogP contribution in [-0.2, 0) is 0 Å². The first-order valence-electron chi connectivity index (χ1n) is 7.36. The maximum Gasteiger partial charge on any atom is 0.123 e. The van der Waals surface area contributed by atoms with Crippen LogP contribution < -0.4 is 5.32 Å². The van der Waals surface area contributed by atoms with Crippen molar-refractivity contribution in [3.05, 3.63) is 69.0 Å². The van der Waals surface area contributed by atoms with Crippen LogP contribution in [0.15, 0.2) is 24.3 Å². The zero-order chi connectivity index (χ0) is 15.7. The molecule has 0 aliphatic heterocycles. The van der Waals surface area contributed by atoms with Crippen LogP contribution in [0.3, 0.4) is 0 Å². The number of hydrogen-bond acceptors (Lipinski definition) is 1. The Balaban J connectivity index is 2.66. The number of nitrogens with one attached hydrogen (secondary N) is 1. The molecule has 0 aliphatic rings. The molecule has 0 aliphatic carbocycles. The number of rotatable bonds is 3. The lowest BCUT2D eigenvalue weighted by atomic mass is 9.86. The van der Waals surface area contributed by atoms with Gasteiger partial charge in [-0.1, -0.05) is 17.7 Å². The molecule has 0 aromatic heterocycles. The van der Waals surface area contributed by atoms with Crippen molar-refractivity contribution < 1.29 is 4.39 Å². The van der Waals surface area contributed by atoms with E-state index in [2.05, 4.69) is 38.2 Å². The molecule has 0 radical (unpaired) electrons. The van der Waals surface area contributed by atoms with Gasteiger partial charge in [0.05, 0.1) is 6.04 Å². The van der Waals surface area contributed by atoms with Crippen molar-refractivity contribution in [1.29, 1.82) is 0 Å². The molecule has 0 saturated heterocycles. The van der Waals surface area contributed by atoms with Gasteiger partial charge < -0.3 is 5.32 Å². The highest BCUT2D eigenvalue weighted by molar-refractivity contribution is 5.48. The first-order valence-corrected chi connectivity index (χ1v) is 7.36. The number of hydrogen-bond donors (Lipinski definition) is 1. The van der Waals surface area contributed by atoms with E-state index >= 15 is 0 Å². The second kappa shape index (κ2) is 5.98. The van der Waals surface area contributed by atoms with Gasteiger partial charge in [0.25, 0.3) is 0 Å². The summed E-state index contributed by atoms with van der Waals surface area (Å²) >= 11 is 0. The Morgan fingerprint density at radius 2 is 1.14 bits per heavy atom. The van der Waals surface area contributed by atoms with Gasteiger partial charge in [-0.15, -0.1) is 0 Å². The first kappa shape index (κ1) is 15.7. The van der Waals surface area contributed by atoms with Gasteiger partial charge in [-0.2, -0.15) is 0 Å². The molecule has 2 aromatic carbocycles. The molecule has 1 atom stereocenters. The summed E-state index contributed by atoms with van der Waals surface area (Å²) in [6, 6.07) is 7.74. The fourth-order valence-electron chi connectivity index (χ4n) is 3.46. The predicted octanol–water partition coefficient (Wildman–Crippen LogP) is 4.68. The van der Waals surface area contributed by atoms with Gasteiger partial charge in [0.15, 0.2) is 0 Å². The molecular formula is C19H24FN. The van der Waals surface area contributed by atoms with Crippen molar-refractivity contribution in [2.45, 2.75) is 40.7 Å². The normalized spacial score (nSPS) is 12.5. The van der Waals surface area contributed by atoms with Gasteiger partial charge in [0.1, 0.15) is 5.82 Å². The van der Waals surface area contributed by atoms with Crippen LogP contribution in [0.25, 0.3) is 0 Å². The third-order valence-corrected chi connectivity index (χ3v) is 4.16. The molecule has 0 spiro atoms. The first-order chi connectivity index (χ1) is 9.85. The van der Waals surface area contributed by atoms with Crippen LogP contribution in [0, 0.1) is 40.4 Å². The lowest BCUT2D eigenvalue weighted by Crippen LogP contribution is -2.22. The van der Waals surface area contributed by atoms with Crippen molar-refractivity contribution >= 4 is 0 Å². The van der Waals surface area contributed by atoms with Crippen LogP contribution in [0.4, 0.5) is 4.39 Å². The van der Waals surface area contributed by atoms with Gasteiger partial charge in [-0.05, 0) is 87.2 Å². The molecule has 1 N–H and O–H groups in total. The fraction of sp³-hybridized carbons (Fsp3) is 0.368. The molecule has 112 valence electrons. The summed E-state index contributed by atoms with van der Waals surface area (Å²) in [5.74, 6) is -0.166. The Bertz CT molecular complexity index is 570. The van der Waals surface area contributed by atoms with Crippen molar-refractivity contribution in [1.82, 2.24) is 5.32 Å². The molecule has 21 heavy (non-hydrogen) atoms. The molecular weight excluding hydrogens is 261 g/mol. The summed E-state index contributed by atoms with van der Waals surface area (Å²) in [4.78, 5) is 0. The molecule has 0 heterocycles. The Kier molecular flexibility index (Phi) is 4.48. The van der Waals surface area contributed by atoms with Gasteiger partial charge in [-0.25, -0.2) is 4.39 Å². The molecule has 0 saturated carbocycles. The summed E-state index contributed by atoms with van der Waals surface area (Å²) in [5.41, 5.74) is 8.27. The van der Waals surface area contributed by atoms with Crippen LogP contribution >= 0.6 is 0 Å². The summed E-state index contributed by atoms with van der Waals surface area (Å²) in [7, 11) is 1.96. The monoisotopic (exact) mass is 285 g/mol. The minimum Gasteiger partial charge on any atom is -0.309 e. The summed E-state index contributed by atoms with van der Waals surface area (Å²) in [6.45, 7) is 10.4. The average molecular weight is 285 g/mol. The standard InChI is InChI=1S/C19H24FN/c1-11-7-12(2)17(13(3)8-11)19(21-6)18-14(4)9-16(20)10-15(18)5/h7-10,19,21H,1-6H3. The molecule has 1 unspecified atom stereocenters. The van der Waals surface area contributed by atoms with E-state index in [1.165, 1.54) is 27.8 Å². The lowest BCUT2D eigenvalue weighted by Gasteiger charge is -2.25. The van der Waals surface area contributed by atoms with E-state index < -0.39 is 0 Å². The Labute approximate surface area is 127 Å². The Morgan fingerprint density at radius 1 is 0.762 bits per heavy atom. The minimum absolute atomic E-state index is 0.0891. The van der Waals surface area contributed by atoms with E-state index in [0.717, 1.165) is 11.1 Å². The quantitative estimate of drug-likeness (QED) is 0.863. The largest absolute Gasteiger partial charge is 0.309 e. The van der Waals surface area contributed by atoms with Crippen LogP contribution in [-0.4, -0.2) is 7.05 Å². The average Bonchev–Trinajstić information content (AvgIpc) is 2.34. The zero-order valence-electron chi connectivity index (χ0n) is 13.8. The second-order valence-corrected chi connectivity index (χ2v) is 5.99. The minimum atomic E-state index is -0.166. The van der Waals surface area contributed by atoms with E-state index in [0.29, 0.717) is 0 Å². The van der Waals surface area contributed by atoms with Crippen LogP contribution in [0.5, 0.6) is 0 Å². The van der Waals surface area contributed by atoms with E-state index in [-0.39, 0.29) is 11.9 Å². The van der Waals surface area contributed by atoms with E-state index in [1.807, 2.05) is 20.9 Å². The summed E-state index contributed by atoms with van der Waals surface area (Å²) in [6.07, 6.45) is 0. The molecule has 2 rings (SSSR count). The van der Waals surface area contributed by atoms with Gasteiger partial charge in [0.2, 0.25) is 0 Å². The number of benzene rings is 2. The number of halogens is 1. The summed E-state index contributed by atoms with van der Waals surface area (Å²) < 4.78 is 13.6. The Morgan fingerprint density at radius 3 is 1.52 bits per heavy atom.